The Labute approximate surface area is 178 Å². The average molecular weight is 413 g/mol. The molecule has 1 aromatic rings. The zero-order valence-corrected chi connectivity index (χ0v) is 17.8. The molecular weight excluding hydrogens is 380 g/mol. The largest absolute Gasteiger partial charge is 0.497 e. The molecule has 0 spiro atoms. The number of imide groups is 1. The number of carbonyl (C=O) groups excluding carboxylic acids is 2. The maximum Gasteiger partial charge on any atom is 0.278 e. The van der Waals surface area contributed by atoms with Gasteiger partial charge in [-0.3, -0.25) is 14.5 Å². The smallest absolute Gasteiger partial charge is 0.278 e. The van der Waals surface area contributed by atoms with E-state index in [0.29, 0.717) is 17.8 Å². The lowest BCUT2D eigenvalue weighted by molar-refractivity contribution is -0.140. The third-order valence-corrected chi connectivity index (χ3v) is 6.75. The monoisotopic (exact) mass is 412 g/mol. The van der Waals surface area contributed by atoms with E-state index in [-0.39, 0.29) is 30.4 Å². The minimum atomic E-state index is -0.168. The molecule has 1 saturated heterocycles. The molecule has 6 nitrogen and oxygen atoms in total. The summed E-state index contributed by atoms with van der Waals surface area (Å²) in [5.74, 6) is 0.532. The molecule has 1 aliphatic carbocycles. The van der Waals surface area contributed by atoms with Crippen LogP contribution in [0.5, 0.6) is 5.75 Å². The van der Waals surface area contributed by atoms with Crippen molar-refractivity contribution in [3.63, 3.8) is 0 Å². The van der Waals surface area contributed by atoms with Gasteiger partial charge in [-0.15, -0.1) is 0 Å². The predicted octanol–water partition coefficient (Wildman–Crippen LogP) is 3.20. The van der Waals surface area contributed by atoms with Gasteiger partial charge in [0.15, 0.2) is 0 Å². The van der Waals surface area contributed by atoms with E-state index in [2.05, 4.69) is 0 Å². The molecule has 1 atom stereocenters. The lowest BCUT2D eigenvalue weighted by Gasteiger charge is -2.34. The van der Waals surface area contributed by atoms with E-state index in [1.54, 1.807) is 12.0 Å². The Morgan fingerprint density at radius 1 is 0.967 bits per heavy atom. The highest BCUT2D eigenvalue weighted by molar-refractivity contribution is 6.35. The van der Waals surface area contributed by atoms with E-state index in [1.807, 2.05) is 29.2 Å². The number of rotatable bonds is 5. The first-order chi connectivity index (χ1) is 14.6. The van der Waals surface area contributed by atoms with Crippen molar-refractivity contribution in [1.82, 2.24) is 9.80 Å². The van der Waals surface area contributed by atoms with Crippen molar-refractivity contribution in [2.24, 2.45) is 5.92 Å². The fourth-order valence-corrected chi connectivity index (χ4v) is 5.11. The van der Waals surface area contributed by atoms with Crippen LogP contribution in [0.2, 0.25) is 0 Å². The number of nitrogens with zero attached hydrogens (tertiary/aromatic N) is 2. The van der Waals surface area contributed by atoms with Gasteiger partial charge in [-0.05, 0) is 49.3 Å². The maximum atomic E-state index is 13.6. The average Bonchev–Trinajstić information content (AvgIpc) is 2.94. The second-order valence-electron chi connectivity index (χ2n) is 8.71. The number of hydrogen-bond acceptors (Lipinski definition) is 5. The molecule has 2 amide bonds. The molecule has 1 unspecified atom stereocenters. The van der Waals surface area contributed by atoms with Gasteiger partial charge in [0.25, 0.3) is 11.8 Å². The number of aliphatic hydroxyl groups excluding tert-OH is 1. The van der Waals surface area contributed by atoms with E-state index in [9.17, 15) is 14.7 Å². The lowest BCUT2D eigenvalue weighted by atomic mass is 9.97. The molecule has 0 radical (unpaired) electrons. The zero-order chi connectivity index (χ0) is 21.1. The van der Waals surface area contributed by atoms with Crippen molar-refractivity contribution in [3.05, 3.63) is 35.5 Å². The molecule has 0 bridgehead atoms. The summed E-state index contributed by atoms with van der Waals surface area (Å²) < 4.78 is 5.27. The zero-order valence-electron chi connectivity index (χ0n) is 17.8. The van der Waals surface area contributed by atoms with Crippen molar-refractivity contribution in [2.75, 3.05) is 26.8 Å². The molecule has 162 valence electrons. The topological polar surface area (TPSA) is 70.1 Å². The number of hydrogen-bond donors (Lipinski definition) is 1. The molecule has 1 N–H and O–H groups in total. The summed E-state index contributed by atoms with van der Waals surface area (Å²) in [5, 5.41) is 9.68. The van der Waals surface area contributed by atoms with Crippen LogP contribution >= 0.6 is 0 Å². The third kappa shape index (κ3) is 3.97. The lowest BCUT2D eigenvalue weighted by Crippen LogP contribution is -2.44. The highest BCUT2D eigenvalue weighted by Gasteiger charge is 2.45. The first kappa shape index (κ1) is 20.9. The van der Waals surface area contributed by atoms with E-state index in [0.717, 1.165) is 56.4 Å². The van der Waals surface area contributed by atoms with Gasteiger partial charge in [0, 0.05) is 25.7 Å². The number of carbonyl (C=O) groups is 2. The van der Waals surface area contributed by atoms with Gasteiger partial charge >= 0.3 is 0 Å². The highest BCUT2D eigenvalue weighted by atomic mass is 16.5. The van der Waals surface area contributed by atoms with Gasteiger partial charge in [0.05, 0.1) is 12.7 Å². The molecule has 0 aromatic heterocycles. The van der Waals surface area contributed by atoms with Gasteiger partial charge in [-0.2, -0.15) is 0 Å². The van der Waals surface area contributed by atoms with Crippen LogP contribution in [0.4, 0.5) is 0 Å². The molecule has 6 heteroatoms. The van der Waals surface area contributed by atoms with E-state index in [4.69, 9.17) is 4.74 Å². The second kappa shape index (κ2) is 9.21. The van der Waals surface area contributed by atoms with Crippen LogP contribution in [0.3, 0.4) is 0 Å². The molecule has 3 aliphatic rings. The van der Waals surface area contributed by atoms with Crippen molar-refractivity contribution in [2.45, 2.75) is 57.4 Å². The molecule has 1 aromatic carbocycles. The Morgan fingerprint density at radius 3 is 2.30 bits per heavy atom. The molecular formula is C24H32N2O4. The fourth-order valence-electron chi connectivity index (χ4n) is 5.11. The molecule has 4 rings (SSSR count). The molecule has 1 saturated carbocycles. The van der Waals surface area contributed by atoms with Crippen LogP contribution < -0.4 is 4.74 Å². The van der Waals surface area contributed by atoms with Gasteiger partial charge in [-0.1, -0.05) is 37.8 Å². The van der Waals surface area contributed by atoms with Crippen LogP contribution in [0, 0.1) is 5.92 Å². The van der Waals surface area contributed by atoms with Crippen LogP contribution in [-0.2, 0) is 9.59 Å². The highest BCUT2D eigenvalue weighted by Crippen LogP contribution is 2.37. The second-order valence-corrected chi connectivity index (χ2v) is 8.71. The number of benzene rings is 1. The standard InChI is InChI=1S/C24H32N2O4/c1-30-20-12-10-18(11-13-20)21-22(25-14-6-7-17(15-25)16-27)24(29)26(23(21)28)19-8-4-2-3-5-9-19/h10-13,17,19,27H,2-9,14-16H2,1H3. The van der Waals surface area contributed by atoms with Gasteiger partial charge in [0.1, 0.15) is 11.4 Å². The Bertz CT molecular complexity index is 809. The van der Waals surface area contributed by atoms with E-state index >= 15 is 0 Å². The number of aliphatic hydroxyl groups is 1. The number of piperidine rings is 1. The molecule has 30 heavy (non-hydrogen) atoms. The van der Waals surface area contributed by atoms with E-state index in [1.165, 1.54) is 12.8 Å². The molecule has 2 heterocycles. The Morgan fingerprint density at radius 2 is 1.67 bits per heavy atom. The van der Waals surface area contributed by atoms with Crippen LogP contribution in [0.25, 0.3) is 5.57 Å². The van der Waals surface area contributed by atoms with Crippen LogP contribution in [-0.4, -0.2) is 59.6 Å². The van der Waals surface area contributed by atoms with Crippen molar-refractivity contribution in [1.29, 1.82) is 0 Å². The first-order valence-electron chi connectivity index (χ1n) is 11.3. The third-order valence-electron chi connectivity index (χ3n) is 6.75. The fraction of sp³-hybridized carbons (Fsp3) is 0.583. The summed E-state index contributed by atoms with van der Waals surface area (Å²) in [7, 11) is 1.61. The number of amides is 2. The minimum Gasteiger partial charge on any atom is -0.497 e. The van der Waals surface area contributed by atoms with Crippen LogP contribution in [0.15, 0.2) is 30.0 Å². The minimum absolute atomic E-state index is 0.0170. The quantitative estimate of drug-likeness (QED) is 0.594. The summed E-state index contributed by atoms with van der Waals surface area (Å²) in [5.41, 5.74) is 1.78. The maximum absolute atomic E-state index is 13.6. The Kier molecular flexibility index (Phi) is 6.42. The Balaban J connectivity index is 1.73. The van der Waals surface area contributed by atoms with Crippen molar-refractivity contribution >= 4 is 17.4 Å². The van der Waals surface area contributed by atoms with Crippen LogP contribution in [0.1, 0.15) is 56.9 Å². The summed E-state index contributed by atoms with van der Waals surface area (Å²) in [4.78, 5) is 30.9. The predicted molar refractivity (Wildman–Crippen MR) is 115 cm³/mol. The first-order valence-corrected chi connectivity index (χ1v) is 11.3. The van der Waals surface area contributed by atoms with Gasteiger partial charge in [-0.25, -0.2) is 0 Å². The molecule has 2 fully saturated rings. The van der Waals surface area contributed by atoms with Crippen molar-refractivity contribution in [3.8, 4) is 5.75 Å². The number of methoxy groups -OCH3 is 1. The summed E-state index contributed by atoms with van der Waals surface area (Å²) in [6, 6.07) is 7.38. The number of likely N-dealkylation sites (tertiary alicyclic amines) is 1. The number of ether oxygens (including phenoxy) is 1. The summed E-state index contributed by atoms with van der Waals surface area (Å²) in [6.45, 7) is 1.46. The van der Waals surface area contributed by atoms with Gasteiger partial charge < -0.3 is 14.7 Å². The normalized spacial score (nSPS) is 23.9. The summed E-state index contributed by atoms with van der Waals surface area (Å²) >= 11 is 0. The molecule has 2 aliphatic heterocycles. The van der Waals surface area contributed by atoms with Crippen molar-refractivity contribution < 1.29 is 19.4 Å². The van der Waals surface area contributed by atoms with E-state index < -0.39 is 0 Å². The van der Waals surface area contributed by atoms with Gasteiger partial charge in [0.2, 0.25) is 0 Å². The summed E-state index contributed by atoms with van der Waals surface area (Å²) in [6.07, 6.45) is 8.10. The SMILES string of the molecule is COc1ccc(C2=C(N3CCCC(CO)C3)C(=O)N(C3CCCCCC3)C2=O)cc1. The Hall–Kier alpha value is -2.34.